The Bertz CT molecular complexity index is 319. The molecule has 0 aliphatic heterocycles. The summed E-state index contributed by atoms with van der Waals surface area (Å²) in [6.07, 6.45) is 12.9. The molecule has 1 fully saturated rings. The van der Waals surface area contributed by atoms with Crippen LogP contribution in [0.15, 0.2) is 18.5 Å². The molecule has 1 heterocycles. The molecular weight excluding hydrogens is 220 g/mol. The van der Waals surface area contributed by atoms with E-state index < -0.39 is 0 Å². The zero-order chi connectivity index (χ0) is 11.2. The van der Waals surface area contributed by atoms with Crippen molar-refractivity contribution in [2.24, 2.45) is 0 Å². The van der Waals surface area contributed by atoms with Crippen molar-refractivity contribution >= 4 is 17.3 Å². The van der Waals surface area contributed by atoms with Crippen LogP contribution in [0.3, 0.4) is 0 Å². The van der Waals surface area contributed by atoms with Gasteiger partial charge in [0.2, 0.25) is 0 Å². The SMILES string of the molecule is Clc1ccncc1NC1CCCCCCC1. The predicted molar refractivity (Wildman–Crippen MR) is 69.0 cm³/mol. The molecule has 0 aromatic carbocycles. The summed E-state index contributed by atoms with van der Waals surface area (Å²) in [5, 5.41) is 4.30. The molecule has 16 heavy (non-hydrogen) atoms. The largest absolute Gasteiger partial charge is 0.380 e. The summed E-state index contributed by atoms with van der Waals surface area (Å²) in [5.41, 5.74) is 0.981. The normalized spacial score (nSPS) is 18.8. The summed E-state index contributed by atoms with van der Waals surface area (Å²) in [6.45, 7) is 0. The second-order valence-electron chi connectivity index (χ2n) is 4.54. The van der Waals surface area contributed by atoms with Crippen LogP contribution in [-0.2, 0) is 0 Å². The van der Waals surface area contributed by atoms with Crippen LogP contribution in [-0.4, -0.2) is 11.0 Å². The molecule has 1 aliphatic rings. The maximum atomic E-state index is 6.11. The summed E-state index contributed by atoms with van der Waals surface area (Å²) in [5.74, 6) is 0. The van der Waals surface area contributed by atoms with Crippen molar-refractivity contribution in [3.63, 3.8) is 0 Å². The number of halogens is 1. The van der Waals surface area contributed by atoms with E-state index in [1.54, 1.807) is 6.20 Å². The molecule has 0 bridgehead atoms. The first-order chi connectivity index (χ1) is 7.86. The van der Waals surface area contributed by atoms with Crippen LogP contribution < -0.4 is 5.32 Å². The molecule has 0 saturated heterocycles. The highest BCUT2D eigenvalue weighted by atomic mass is 35.5. The lowest BCUT2D eigenvalue weighted by Crippen LogP contribution is -2.20. The average Bonchev–Trinajstić information content (AvgIpc) is 2.24. The standard InChI is InChI=1S/C13H19ClN2/c14-12-8-9-15-10-13(12)16-11-6-4-2-1-3-5-7-11/h8-11,16H,1-7H2. The molecule has 0 atom stereocenters. The van der Waals surface area contributed by atoms with Gasteiger partial charge < -0.3 is 5.32 Å². The number of nitrogens with one attached hydrogen (secondary N) is 1. The molecule has 3 heteroatoms. The van der Waals surface area contributed by atoms with E-state index in [1.165, 1.54) is 44.9 Å². The lowest BCUT2D eigenvalue weighted by atomic mass is 9.96. The first-order valence-corrected chi connectivity index (χ1v) is 6.60. The van der Waals surface area contributed by atoms with Crippen LogP contribution in [0.4, 0.5) is 5.69 Å². The van der Waals surface area contributed by atoms with Crippen LogP contribution in [0.5, 0.6) is 0 Å². The Morgan fingerprint density at radius 3 is 2.50 bits per heavy atom. The van der Waals surface area contributed by atoms with E-state index in [2.05, 4.69) is 10.3 Å². The van der Waals surface area contributed by atoms with E-state index in [9.17, 15) is 0 Å². The highest BCUT2D eigenvalue weighted by Gasteiger charge is 2.12. The van der Waals surface area contributed by atoms with E-state index in [4.69, 9.17) is 11.6 Å². The number of nitrogens with zero attached hydrogens (tertiary/aromatic N) is 1. The summed E-state index contributed by atoms with van der Waals surface area (Å²) < 4.78 is 0. The zero-order valence-electron chi connectivity index (χ0n) is 9.58. The summed E-state index contributed by atoms with van der Waals surface area (Å²) in [6, 6.07) is 2.41. The molecule has 1 aliphatic carbocycles. The monoisotopic (exact) mass is 238 g/mol. The first-order valence-electron chi connectivity index (χ1n) is 6.22. The van der Waals surface area contributed by atoms with Gasteiger partial charge in [-0.15, -0.1) is 0 Å². The third-order valence-electron chi connectivity index (χ3n) is 3.23. The molecule has 0 spiro atoms. The van der Waals surface area contributed by atoms with E-state index >= 15 is 0 Å². The molecule has 1 aromatic heterocycles. The number of hydrogen-bond donors (Lipinski definition) is 1. The Balaban J connectivity index is 1.94. The number of anilines is 1. The molecule has 0 radical (unpaired) electrons. The van der Waals surface area contributed by atoms with Gasteiger partial charge in [-0.1, -0.05) is 43.7 Å². The summed E-state index contributed by atoms with van der Waals surface area (Å²) >= 11 is 6.11. The van der Waals surface area contributed by atoms with Crippen molar-refractivity contribution in [2.45, 2.75) is 51.0 Å². The Morgan fingerprint density at radius 1 is 1.12 bits per heavy atom. The van der Waals surface area contributed by atoms with E-state index in [0.29, 0.717) is 6.04 Å². The minimum Gasteiger partial charge on any atom is -0.380 e. The Hall–Kier alpha value is -0.760. The van der Waals surface area contributed by atoms with Gasteiger partial charge in [-0.3, -0.25) is 4.98 Å². The molecule has 0 unspecified atom stereocenters. The lowest BCUT2D eigenvalue weighted by Gasteiger charge is -2.22. The van der Waals surface area contributed by atoms with Gasteiger partial charge in [0.1, 0.15) is 0 Å². The molecule has 1 saturated carbocycles. The van der Waals surface area contributed by atoms with E-state index in [0.717, 1.165) is 10.7 Å². The number of aromatic nitrogens is 1. The van der Waals surface area contributed by atoms with Crippen molar-refractivity contribution in [3.05, 3.63) is 23.5 Å². The second kappa shape index (κ2) is 6.09. The Morgan fingerprint density at radius 2 is 1.81 bits per heavy atom. The smallest absolute Gasteiger partial charge is 0.0718 e. The molecule has 2 nitrogen and oxygen atoms in total. The molecular formula is C13H19ClN2. The fourth-order valence-electron chi connectivity index (χ4n) is 2.30. The average molecular weight is 239 g/mol. The van der Waals surface area contributed by atoms with Crippen LogP contribution in [0.1, 0.15) is 44.9 Å². The third kappa shape index (κ3) is 3.38. The minimum atomic E-state index is 0.571. The highest BCUT2D eigenvalue weighted by molar-refractivity contribution is 6.33. The zero-order valence-corrected chi connectivity index (χ0v) is 10.3. The Kier molecular flexibility index (Phi) is 4.46. The number of rotatable bonds is 2. The van der Waals surface area contributed by atoms with Gasteiger partial charge >= 0.3 is 0 Å². The fraction of sp³-hybridized carbons (Fsp3) is 0.615. The van der Waals surface area contributed by atoms with Crippen molar-refractivity contribution in [2.75, 3.05) is 5.32 Å². The summed E-state index contributed by atoms with van der Waals surface area (Å²) in [4.78, 5) is 4.11. The van der Waals surface area contributed by atoms with Gasteiger partial charge in [-0.05, 0) is 18.9 Å². The molecule has 1 aromatic rings. The molecule has 88 valence electrons. The fourth-order valence-corrected chi connectivity index (χ4v) is 2.46. The number of hydrogen-bond acceptors (Lipinski definition) is 2. The molecule has 2 rings (SSSR count). The first kappa shape index (κ1) is 11.7. The van der Waals surface area contributed by atoms with Gasteiger partial charge in [0.25, 0.3) is 0 Å². The second-order valence-corrected chi connectivity index (χ2v) is 4.95. The number of pyridine rings is 1. The highest BCUT2D eigenvalue weighted by Crippen LogP contribution is 2.24. The minimum absolute atomic E-state index is 0.571. The van der Waals surface area contributed by atoms with Gasteiger partial charge in [0.15, 0.2) is 0 Å². The van der Waals surface area contributed by atoms with E-state index in [1.807, 2.05) is 12.3 Å². The molecule has 1 N–H and O–H groups in total. The van der Waals surface area contributed by atoms with Crippen LogP contribution in [0.25, 0.3) is 0 Å². The van der Waals surface area contributed by atoms with Gasteiger partial charge in [-0.2, -0.15) is 0 Å². The van der Waals surface area contributed by atoms with Crippen LogP contribution in [0.2, 0.25) is 5.02 Å². The van der Waals surface area contributed by atoms with E-state index in [-0.39, 0.29) is 0 Å². The maximum absolute atomic E-state index is 6.11. The van der Waals surface area contributed by atoms with Crippen molar-refractivity contribution in [3.8, 4) is 0 Å². The summed E-state index contributed by atoms with van der Waals surface area (Å²) in [7, 11) is 0. The third-order valence-corrected chi connectivity index (χ3v) is 3.56. The van der Waals surface area contributed by atoms with Gasteiger partial charge in [-0.25, -0.2) is 0 Å². The van der Waals surface area contributed by atoms with Crippen molar-refractivity contribution in [1.82, 2.24) is 4.98 Å². The van der Waals surface area contributed by atoms with Crippen LogP contribution in [0, 0.1) is 0 Å². The lowest BCUT2D eigenvalue weighted by molar-refractivity contribution is 0.471. The molecule has 0 amide bonds. The van der Waals surface area contributed by atoms with Gasteiger partial charge in [0, 0.05) is 12.2 Å². The quantitative estimate of drug-likeness (QED) is 0.833. The van der Waals surface area contributed by atoms with Crippen molar-refractivity contribution < 1.29 is 0 Å². The topological polar surface area (TPSA) is 24.9 Å². The maximum Gasteiger partial charge on any atom is 0.0718 e. The predicted octanol–water partition coefficient (Wildman–Crippen LogP) is 4.26. The van der Waals surface area contributed by atoms with Gasteiger partial charge in [0.05, 0.1) is 16.9 Å². The Labute approximate surface area is 102 Å². The van der Waals surface area contributed by atoms with Crippen LogP contribution >= 0.6 is 11.6 Å². The van der Waals surface area contributed by atoms with Crippen molar-refractivity contribution in [1.29, 1.82) is 0 Å².